The molecular weight excluding hydrogens is 170 g/mol. The van der Waals surface area contributed by atoms with E-state index in [-0.39, 0.29) is 81.0 Å². The minimum Gasteiger partial charge on any atom is -0.870 e. The Labute approximate surface area is 80.7 Å². The van der Waals surface area contributed by atoms with Crippen molar-refractivity contribution in [1.82, 2.24) is 0 Å². The van der Waals surface area contributed by atoms with Gasteiger partial charge in [0.05, 0.1) is 0 Å². The second-order valence-electron chi connectivity index (χ2n) is 0. The zero-order valence-electron chi connectivity index (χ0n) is 4.13. The van der Waals surface area contributed by atoms with Crippen LogP contribution in [-0.4, -0.2) is 32.9 Å². The molecular formula is H6NaO6V-5. The summed E-state index contributed by atoms with van der Waals surface area (Å²) in [5.74, 6) is 0. The number of hydrogen-bond donors (Lipinski definition) is 0. The zero-order chi connectivity index (χ0) is 0. The van der Waals surface area contributed by atoms with E-state index in [0.29, 0.717) is 0 Å². The van der Waals surface area contributed by atoms with Crippen LogP contribution < -0.4 is 29.6 Å². The van der Waals surface area contributed by atoms with Gasteiger partial charge in [0.25, 0.3) is 0 Å². The van der Waals surface area contributed by atoms with E-state index in [2.05, 4.69) is 0 Å². The van der Waals surface area contributed by atoms with E-state index >= 15 is 0 Å². The fourth-order valence-corrected chi connectivity index (χ4v) is 0. The summed E-state index contributed by atoms with van der Waals surface area (Å²) in [4.78, 5) is 0. The Morgan fingerprint density at radius 3 is 0.375 bits per heavy atom. The summed E-state index contributed by atoms with van der Waals surface area (Å²) in [5.41, 5.74) is 0. The van der Waals surface area contributed by atoms with Crippen molar-refractivity contribution in [2.75, 3.05) is 0 Å². The monoisotopic (exact) mass is 176 g/mol. The molecule has 8 heavy (non-hydrogen) atoms. The van der Waals surface area contributed by atoms with Crippen molar-refractivity contribution in [2.24, 2.45) is 0 Å². The molecule has 53 valence electrons. The van der Waals surface area contributed by atoms with Gasteiger partial charge < -0.3 is 32.9 Å². The van der Waals surface area contributed by atoms with Crippen molar-refractivity contribution < 1.29 is 81.0 Å². The molecule has 0 aliphatic rings. The molecule has 8 heteroatoms. The predicted octanol–water partition coefficient (Wildman–Crippen LogP) is -4.06. The van der Waals surface area contributed by atoms with Gasteiger partial charge in [-0.05, 0) is 0 Å². The van der Waals surface area contributed by atoms with Crippen LogP contribution >= 0.6 is 0 Å². The van der Waals surface area contributed by atoms with E-state index in [1.165, 1.54) is 0 Å². The Balaban J connectivity index is 0. The van der Waals surface area contributed by atoms with Gasteiger partial charge in [0.15, 0.2) is 0 Å². The summed E-state index contributed by atoms with van der Waals surface area (Å²) in [6.45, 7) is 0. The summed E-state index contributed by atoms with van der Waals surface area (Å²) in [7, 11) is 0. The number of rotatable bonds is 0. The Morgan fingerprint density at radius 2 is 0.375 bits per heavy atom. The SMILES string of the molecule is [Na+].[OH-].[OH-].[OH-].[OH-].[OH-].[OH-].[V]. The van der Waals surface area contributed by atoms with Crippen molar-refractivity contribution in [3.63, 3.8) is 0 Å². The maximum atomic E-state index is 0. The van der Waals surface area contributed by atoms with Gasteiger partial charge in [-0.3, -0.25) is 0 Å². The molecule has 0 aromatic carbocycles. The van der Waals surface area contributed by atoms with Crippen molar-refractivity contribution in [1.29, 1.82) is 0 Å². The van der Waals surface area contributed by atoms with Crippen molar-refractivity contribution in [3.8, 4) is 0 Å². The molecule has 0 fully saturated rings. The maximum absolute atomic E-state index is 0. The third kappa shape index (κ3) is 164. The Hall–Kier alpha value is 1.34. The van der Waals surface area contributed by atoms with Crippen LogP contribution in [0.4, 0.5) is 0 Å². The first-order valence-electron chi connectivity index (χ1n) is 0. The first kappa shape index (κ1) is 360. The molecule has 0 rings (SSSR count). The van der Waals surface area contributed by atoms with Crippen molar-refractivity contribution in [2.45, 2.75) is 0 Å². The van der Waals surface area contributed by atoms with Crippen LogP contribution in [0.2, 0.25) is 0 Å². The van der Waals surface area contributed by atoms with Gasteiger partial charge in [-0.25, -0.2) is 0 Å². The normalized spacial score (nSPS) is 0. The van der Waals surface area contributed by atoms with Crippen LogP contribution in [0.5, 0.6) is 0 Å². The van der Waals surface area contributed by atoms with E-state index in [9.17, 15) is 0 Å². The van der Waals surface area contributed by atoms with E-state index < -0.39 is 0 Å². The van der Waals surface area contributed by atoms with Crippen LogP contribution in [0.15, 0.2) is 0 Å². The first-order valence-corrected chi connectivity index (χ1v) is 0. The van der Waals surface area contributed by atoms with Gasteiger partial charge in [-0.1, -0.05) is 0 Å². The fourth-order valence-electron chi connectivity index (χ4n) is 0. The average Bonchev–Trinajstić information content (AvgIpc) is 0. The Morgan fingerprint density at radius 1 is 0.375 bits per heavy atom. The molecule has 0 aliphatic heterocycles. The molecule has 0 atom stereocenters. The van der Waals surface area contributed by atoms with Crippen LogP contribution in [0.25, 0.3) is 0 Å². The molecule has 0 saturated heterocycles. The smallest absolute Gasteiger partial charge is 0.870 e. The Kier molecular flexibility index (Phi) is 11200. The minimum atomic E-state index is 0. The minimum absolute atomic E-state index is 0. The second kappa shape index (κ2) is 249. The molecule has 0 heterocycles. The summed E-state index contributed by atoms with van der Waals surface area (Å²) in [6.07, 6.45) is 0. The predicted molar refractivity (Wildman–Crippen MR) is 11.6 cm³/mol. The van der Waals surface area contributed by atoms with Crippen molar-refractivity contribution in [3.05, 3.63) is 0 Å². The molecule has 6 N–H and O–H groups in total. The van der Waals surface area contributed by atoms with E-state index in [1.54, 1.807) is 0 Å². The largest absolute Gasteiger partial charge is 1.00 e. The van der Waals surface area contributed by atoms with Gasteiger partial charge in [-0.15, -0.1) is 0 Å². The van der Waals surface area contributed by atoms with E-state index in [0.717, 1.165) is 0 Å². The van der Waals surface area contributed by atoms with Gasteiger partial charge >= 0.3 is 29.6 Å². The van der Waals surface area contributed by atoms with Gasteiger partial charge in [0, 0.05) is 18.6 Å². The Bertz CT molecular complexity index is 8.49. The molecule has 0 aromatic rings. The summed E-state index contributed by atoms with van der Waals surface area (Å²) in [6, 6.07) is 0. The molecule has 0 unspecified atom stereocenters. The van der Waals surface area contributed by atoms with Crippen LogP contribution in [0.3, 0.4) is 0 Å². The standard InChI is InChI=1S/Na.6H2O.V/h;6*1H2;/q+1;;;;;;;/p-6. The summed E-state index contributed by atoms with van der Waals surface area (Å²) in [5, 5.41) is 0. The summed E-state index contributed by atoms with van der Waals surface area (Å²) < 4.78 is 0. The second-order valence-corrected chi connectivity index (χ2v) is 0. The molecule has 0 bridgehead atoms. The third-order valence-electron chi connectivity index (χ3n) is 0. The topological polar surface area (TPSA) is 180 Å². The van der Waals surface area contributed by atoms with Gasteiger partial charge in [-0.2, -0.15) is 0 Å². The van der Waals surface area contributed by atoms with Crippen LogP contribution in [-0.2, 0) is 18.6 Å². The fraction of sp³-hybridized carbons (Fsp3) is 0. The van der Waals surface area contributed by atoms with Crippen molar-refractivity contribution >= 4 is 0 Å². The number of hydrogen-bond acceptors (Lipinski definition) is 6. The maximum Gasteiger partial charge on any atom is 1.00 e. The molecule has 1 radical (unpaired) electrons. The molecule has 0 spiro atoms. The third-order valence-corrected chi connectivity index (χ3v) is 0. The van der Waals surface area contributed by atoms with Crippen LogP contribution in [0.1, 0.15) is 0 Å². The average molecular weight is 176 g/mol. The first-order chi connectivity index (χ1) is 0. The van der Waals surface area contributed by atoms with Gasteiger partial charge in [0.1, 0.15) is 0 Å². The van der Waals surface area contributed by atoms with E-state index in [1.807, 2.05) is 0 Å². The molecule has 0 amide bonds. The zero-order valence-corrected chi connectivity index (χ0v) is 7.53. The van der Waals surface area contributed by atoms with Crippen LogP contribution in [0, 0.1) is 0 Å². The summed E-state index contributed by atoms with van der Waals surface area (Å²) >= 11 is 0. The molecule has 0 aliphatic carbocycles. The molecule has 6 nitrogen and oxygen atoms in total. The quantitative estimate of drug-likeness (QED) is 0.338. The molecule has 0 saturated carbocycles. The molecule has 0 aromatic heterocycles. The van der Waals surface area contributed by atoms with Gasteiger partial charge in [0.2, 0.25) is 0 Å². The van der Waals surface area contributed by atoms with E-state index in [4.69, 9.17) is 0 Å².